The number of benzene rings is 1. The first-order chi connectivity index (χ1) is 17.2. The third-order valence-electron chi connectivity index (χ3n) is 7.06. The van der Waals surface area contributed by atoms with Crippen molar-refractivity contribution in [3.63, 3.8) is 0 Å². The van der Waals surface area contributed by atoms with Crippen molar-refractivity contribution < 1.29 is 23.1 Å². The number of hydrogen-bond acceptors (Lipinski definition) is 6. The number of amides is 1. The molecule has 194 valence electrons. The molecule has 1 N–H and O–H groups in total. The van der Waals surface area contributed by atoms with E-state index in [4.69, 9.17) is 4.74 Å². The summed E-state index contributed by atoms with van der Waals surface area (Å²) >= 11 is 0. The van der Waals surface area contributed by atoms with Gasteiger partial charge in [0.1, 0.15) is 16.7 Å². The SMILES string of the molecule is C[C@@H]1CN([C@H](C)CO)S(=O)(=O)c2ccc(C3=CCCCC3)cc2O[C@H]1CN(C)C(=O)c1ccncc1. The second-order valence-electron chi connectivity index (χ2n) is 9.80. The number of aliphatic hydroxyl groups is 1. The van der Waals surface area contributed by atoms with E-state index in [0.29, 0.717) is 5.56 Å². The van der Waals surface area contributed by atoms with E-state index in [1.54, 1.807) is 49.5 Å². The maximum Gasteiger partial charge on any atom is 0.253 e. The molecule has 4 rings (SSSR count). The average molecular weight is 514 g/mol. The van der Waals surface area contributed by atoms with Crippen LogP contribution in [0.3, 0.4) is 0 Å². The highest BCUT2D eigenvalue weighted by atomic mass is 32.2. The van der Waals surface area contributed by atoms with Crippen molar-refractivity contribution in [2.75, 3.05) is 26.7 Å². The second kappa shape index (κ2) is 11.1. The predicted octanol–water partition coefficient (Wildman–Crippen LogP) is 3.58. The smallest absolute Gasteiger partial charge is 0.253 e. The molecule has 0 saturated carbocycles. The van der Waals surface area contributed by atoms with Gasteiger partial charge in [-0.3, -0.25) is 9.78 Å². The molecule has 0 saturated heterocycles. The molecule has 1 aliphatic heterocycles. The van der Waals surface area contributed by atoms with Crippen LogP contribution >= 0.6 is 0 Å². The topological polar surface area (TPSA) is 100 Å². The van der Waals surface area contributed by atoms with E-state index in [0.717, 1.165) is 31.2 Å². The summed E-state index contributed by atoms with van der Waals surface area (Å²) < 4.78 is 35.2. The van der Waals surface area contributed by atoms with Crippen LogP contribution < -0.4 is 4.74 Å². The van der Waals surface area contributed by atoms with Crippen molar-refractivity contribution in [3.05, 3.63) is 59.9 Å². The molecule has 1 aromatic heterocycles. The van der Waals surface area contributed by atoms with Crippen molar-refractivity contribution in [2.24, 2.45) is 5.92 Å². The van der Waals surface area contributed by atoms with Gasteiger partial charge in [0.25, 0.3) is 5.91 Å². The number of fused-ring (bicyclic) bond motifs is 1. The highest BCUT2D eigenvalue weighted by Crippen LogP contribution is 2.37. The summed E-state index contributed by atoms with van der Waals surface area (Å²) in [5.74, 6) is -0.118. The van der Waals surface area contributed by atoms with Gasteiger partial charge in [-0.05, 0) is 68.0 Å². The molecule has 8 nitrogen and oxygen atoms in total. The molecule has 0 radical (unpaired) electrons. The number of allylic oxidation sites excluding steroid dienone is 2. The molecule has 0 fully saturated rings. The summed E-state index contributed by atoms with van der Waals surface area (Å²) in [4.78, 5) is 18.7. The van der Waals surface area contributed by atoms with Crippen LogP contribution in [0.25, 0.3) is 5.57 Å². The van der Waals surface area contributed by atoms with E-state index >= 15 is 0 Å². The number of aliphatic hydroxyl groups excluding tert-OH is 1. The van der Waals surface area contributed by atoms with Gasteiger partial charge in [-0.25, -0.2) is 8.42 Å². The normalized spacial score (nSPS) is 22.8. The van der Waals surface area contributed by atoms with E-state index in [1.807, 2.05) is 19.1 Å². The first-order valence-electron chi connectivity index (χ1n) is 12.5. The van der Waals surface area contributed by atoms with Crippen molar-refractivity contribution in [2.45, 2.75) is 56.6 Å². The van der Waals surface area contributed by atoms with Gasteiger partial charge >= 0.3 is 0 Å². The minimum atomic E-state index is -3.90. The number of ether oxygens (including phenoxy) is 1. The largest absolute Gasteiger partial charge is 0.487 e. The maximum absolute atomic E-state index is 13.7. The lowest BCUT2D eigenvalue weighted by Gasteiger charge is -2.37. The molecule has 1 amide bonds. The lowest BCUT2D eigenvalue weighted by atomic mass is 9.93. The third-order valence-corrected chi connectivity index (χ3v) is 9.08. The van der Waals surface area contributed by atoms with Crippen molar-refractivity contribution in [1.82, 2.24) is 14.2 Å². The van der Waals surface area contributed by atoms with E-state index in [9.17, 15) is 18.3 Å². The first-order valence-corrected chi connectivity index (χ1v) is 13.9. The molecule has 2 aromatic rings. The highest BCUT2D eigenvalue weighted by molar-refractivity contribution is 7.89. The number of carbonyl (C=O) groups excluding carboxylic acids is 1. The zero-order chi connectivity index (χ0) is 25.9. The number of carbonyl (C=O) groups is 1. The molecule has 3 atom stereocenters. The number of hydrogen-bond donors (Lipinski definition) is 1. The Morgan fingerprint density at radius 2 is 2.00 bits per heavy atom. The summed E-state index contributed by atoms with van der Waals surface area (Å²) in [6.07, 6.45) is 9.12. The monoisotopic (exact) mass is 513 g/mol. The molecule has 36 heavy (non-hydrogen) atoms. The summed E-state index contributed by atoms with van der Waals surface area (Å²) in [6, 6.07) is 8.02. The van der Waals surface area contributed by atoms with Gasteiger partial charge in [-0.1, -0.05) is 19.1 Å². The van der Waals surface area contributed by atoms with Crippen LogP contribution in [0.4, 0.5) is 0 Å². The summed E-state index contributed by atoms with van der Waals surface area (Å²) in [7, 11) is -2.19. The van der Waals surface area contributed by atoms with Crippen LogP contribution in [-0.2, 0) is 10.0 Å². The molecule has 9 heteroatoms. The van der Waals surface area contributed by atoms with E-state index in [-0.39, 0.29) is 42.2 Å². The Kier molecular flexibility index (Phi) is 8.12. The molecular weight excluding hydrogens is 478 g/mol. The third kappa shape index (κ3) is 5.48. The Labute approximate surface area is 213 Å². The predicted molar refractivity (Wildman–Crippen MR) is 138 cm³/mol. The second-order valence-corrected chi connectivity index (χ2v) is 11.7. The number of nitrogens with zero attached hydrogens (tertiary/aromatic N) is 3. The van der Waals surface area contributed by atoms with Crippen LogP contribution in [0.15, 0.2) is 53.7 Å². The van der Waals surface area contributed by atoms with Crippen LogP contribution in [0.1, 0.15) is 55.5 Å². The van der Waals surface area contributed by atoms with E-state index in [1.165, 1.54) is 9.88 Å². The fourth-order valence-corrected chi connectivity index (χ4v) is 6.64. The van der Waals surface area contributed by atoms with E-state index < -0.39 is 22.2 Å². The lowest BCUT2D eigenvalue weighted by Crippen LogP contribution is -2.50. The molecule has 0 spiro atoms. The van der Waals surface area contributed by atoms with E-state index in [2.05, 4.69) is 11.1 Å². The Hall–Kier alpha value is -2.75. The van der Waals surface area contributed by atoms with Crippen LogP contribution in [0.5, 0.6) is 5.75 Å². The number of aromatic nitrogens is 1. The molecular formula is C27H35N3O5S. The molecule has 0 bridgehead atoms. The molecule has 2 aliphatic rings. The van der Waals surface area contributed by atoms with Crippen LogP contribution in [0, 0.1) is 5.92 Å². The van der Waals surface area contributed by atoms with Crippen molar-refractivity contribution in [3.8, 4) is 5.75 Å². The van der Waals surface area contributed by atoms with Crippen LogP contribution in [0.2, 0.25) is 0 Å². The van der Waals surface area contributed by atoms with Gasteiger partial charge < -0.3 is 14.7 Å². The summed E-state index contributed by atoms with van der Waals surface area (Å²) in [5, 5.41) is 9.84. The Morgan fingerprint density at radius 3 is 2.67 bits per heavy atom. The number of rotatable bonds is 6. The van der Waals surface area contributed by atoms with Crippen molar-refractivity contribution >= 4 is 21.5 Å². The first kappa shape index (κ1) is 26.3. The number of pyridine rings is 1. The number of likely N-dealkylation sites (N-methyl/N-ethyl adjacent to an activating group) is 1. The highest BCUT2D eigenvalue weighted by Gasteiger charge is 2.38. The van der Waals surface area contributed by atoms with Gasteiger partial charge in [0.05, 0.1) is 13.2 Å². The van der Waals surface area contributed by atoms with Gasteiger partial charge in [0.2, 0.25) is 10.0 Å². The summed E-state index contributed by atoms with van der Waals surface area (Å²) in [5.41, 5.74) is 2.68. The fourth-order valence-electron chi connectivity index (χ4n) is 4.81. The molecule has 1 aromatic carbocycles. The zero-order valence-electron chi connectivity index (χ0n) is 21.1. The minimum Gasteiger partial charge on any atom is -0.487 e. The zero-order valence-corrected chi connectivity index (χ0v) is 21.9. The Balaban J connectivity index is 1.72. The Morgan fingerprint density at radius 1 is 1.25 bits per heavy atom. The van der Waals surface area contributed by atoms with Crippen molar-refractivity contribution in [1.29, 1.82) is 0 Å². The average Bonchev–Trinajstić information content (AvgIpc) is 2.90. The molecule has 1 aliphatic carbocycles. The van der Waals surface area contributed by atoms with Gasteiger partial charge in [0.15, 0.2) is 0 Å². The Bertz CT molecular complexity index is 1220. The minimum absolute atomic E-state index is 0.0861. The lowest BCUT2D eigenvalue weighted by molar-refractivity contribution is 0.0563. The number of sulfonamides is 1. The van der Waals surface area contributed by atoms with Gasteiger partial charge in [-0.2, -0.15) is 4.31 Å². The molecule has 2 heterocycles. The van der Waals surface area contributed by atoms with Crippen LogP contribution in [-0.4, -0.2) is 72.5 Å². The fraction of sp³-hybridized carbons (Fsp3) is 0.481. The standard InChI is InChI=1S/C27H35N3O5S/c1-19-16-30(20(2)18-31)36(33,34)26-10-9-23(21-7-5-4-6-8-21)15-24(26)35-25(19)17-29(3)27(32)22-11-13-28-14-12-22/h7,9-15,19-20,25,31H,4-6,8,16-18H2,1-3H3/t19-,20-,25+/m1/s1. The quantitative estimate of drug-likeness (QED) is 0.634. The van der Waals surface area contributed by atoms with Gasteiger partial charge in [-0.15, -0.1) is 0 Å². The summed E-state index contributed by atoms with van der Waals surface area (Å²) in [6.45, 7) is 3.76. The maximum atomic E-state index is 13.7. The molecule has 0 unspecified atom stereocenters. The van der Waals surface area contributed by atoms with Gasteiger partial charge in [0, 0.05) is 43.5 Å².